The monoisotopic (exact) mass is 681 g/mol. The van der Waals surface area contributed by atoms with Crippen molar-refractivity contribution in [1.29, 1.82) is 0 Å². The Labute approximate surface area is 300 Å². The zero-order valence-electron chi connectivity index (χ0n) is 27.4. The van der Waals surface area contributed by atoms with Gasteiger partial charge < -0.3 is 4.57 Å². The number of hydrogen-bond donors (Lipinski definition) is 0. The van der Waals surface area contributed by atoms with Crippen LogP contribution in [-0.2, 0) is 0 Å². The van der Waals surface area contributed by atoms with Gasteiger partial charge in [-0.3, -0.25) is 0 Å². The van der Waals surface area contributed by atoms with E-state index in [9.17, 15) is 0 Å². The van der Waals surface area contributed by atoms with Gasteiger partial charge in [0.15, 0.2) is 0 Å². The molecule has 12 aromatic rings. The fourth-order valence-electron chi connectivity index (χ4n) is 8.39. The Bertz CT molecular complexity index is 3470. The molecule has 51 heavy (non-hydrogen) atoms. The van der Waals surface area contributed by atoms with E-state index in [2.05, 4.69) is 168 Å². The Morgan fingerprint density at radius 3 is 1.04 bits per heavy atom. The maximum Gasteiger partial charge on any atom is 0.0541 e. The van der Waals surface area contributed by atoms with Crippen LogP contribution >= 0.6 is 22.7 Å². The average Bonchev–Trinajstić information content (AvgIpc) is 3.85. The van der Waals surface area contributed by atoms with E-state index in [-0.39, 0.29) is 0 Å². The first kappa shape index (κ1) is 27.8. The first-order valence-electron chi connectivity index (χ1n) is 17.4. The van der Waals surface area contributed by atoms with Crippen LogP contribution in [0.15, 0.2) is 164 Å². The predicted octanol–water partition coefficient (Wildman–Crippen LogP) is 14.7. The molecule has 3 heterocycles. The molecule has 0 saturated carbocycles. The molecule has 0 spiro atoms. The van der Waals surface area contributed by atoms with Crippen molar-refractivity contribution in [2.45, 2.75) is 0 Å². The van der Waals surface area contributed by atoms with E-state index in [0.717, 1.165) is 0 Å². The maximum absolute atomic E-state index is 2.41. The number of rotatable bonds is 1. The molecule has 9 aromatic carbocycles. The third-order valence-corrected chi connectivity index (χ3v) is 13.2. The number of nitrogens with zero attached hydrogens (tertiary/aromatic N) is 1. The molecule has 0 fully saturated rings. The molecule has 0 aliphatic heterocycles. The summed E-state index contributed by atoms with van der Waals surface area (Å²) in [5.74, 6) is 0. The van der Waals surface area contributed by atoms with E-state index in [4.69, 9.17) is 0 Å². The van der Waals surface area contributed by atoms with Gasteiger partial charge in [-0.2, -0.15) is 0 Å². The highest BCUT2D eigenvalue weighted by Gasteiger charge is 2.14. The van der Waals surface area contributed by atoms with Crippen molar-refractivity contribution < 1.29 is 0 Å². The van der Waals surface area contributed by atoms with Crippen LogP contribution in [0, 0.1) is 0 Å². The standard InChI is InChI=1S/C48H27NS2/c1-2-7-36(8-3-1)49-43-15-9-30-22-37(43)38-23-31(10-16-44(38)49)33-12-18-46-40(25-33)42-27-35(14-20-48(42)51-46)34-13-19-47-41(26-34)39-24-32(11-17-45(39)50-47)29-6-4-5-28(30)21-29/h1-27H. The third-order valence-electron chi connectivity index (χ3n) is 10.9. The van der Waals surface area contributed by atoms with E-state index in [1.807, 2.05) is 22.7 Å². The fourth-order valence-corrected chi connectivity index (χ4v) is 10.5. The van der Waals surface area contributed by atoms with Crippen molar-refractivity contribution in [3.8, 4) is 5.69 Å². The largest absolute Gasteiger partial charge is 0.309 e. The topological polar surface area (TPSA) is 4.93 Å². The summed E-state index contributed by atoms with van der Waals surface area (Å²) in [5.41, 5.74) is 3.60. The lowest BCUT2D eigenvalue weighted by Crippen LogP contribution is -1.92. The highest BCUT2D eigenvalue weighted by molar-refractivity contribution is 7.26. The van der Waals surface area contributed by atoms with Gasteiger partial charge in [0, 0.05) is 56.8 Å². The third kappa shape index (κ3) is 4.08. The van der Waals surface area contributed by atoms with Crippen LogP contribution in [0.4, 0.5) is 0 Å². The average molecular weight is 682 g/mol. The van der Waals surface area contributed by atoms with Crippen LogP contribution in [0.1, 0.15) is 0 Å². The molecule has 1 nitrogen and oxygen atoms in total. The second-order valence-electron chi connectivity index (χ2n) is 13.8. The van der Waals surface area contributed by atoms with E-state index in [1.165, 1.54) is 111 Å². The normalized spacial score (nSPS) is 12.3. The molecule has 3 aromatic heterocycles. The van der Waals surface area contributed by atoms with Crippen molar-refractivity contribution in [3.63, 3.8) is 0 Å². The molecule has 12 rings (SSSR count). The summed E-state index contributed by atoms with van der Waals surface area (Å²) >= 11 is 3.76. The minimum Gasteiger partial charge on any atom is -0.309 e. The van der Waals surface area contributed by atoms with Crippen molar-refractivity contribution >= 4 is 128 Å². The Morgan fingerprint density at radius 1 is 0.275 bits per heavy atom. The smallest absolute Gasteiger partial charge is 0.0541 e. The maximum atomic E-state index is 2.41. The van der Waals surface area contributed by atoms with E-state index in [0.29, 0.717) is 0 Å². The van der Waals surface area contributed by atoms with Gasteiger partial charge in [-0.25, -0.2) is 0 Å². The van der Waals surface area contributed by atoms with E-state index >= 15 is 0 Å². The molecular weight excluding hydrogens is 655 g/mol. The van der Waals surface area contributed by atoms with Crippen LogP contribution in [0.5, 0.6) is 0 Å². The quantitative estimate of drug-likeness (QED) is 0.163. The Morgan fingerprint density at radius 2 is 0.627 bits per heavy atom. The van der Waals surface area contributed by atoms with Crippen molar-refractivity contribution in [3.05, 3.63) is 164 Å². The fraction of sp³-hybridized carbons (Fsp3) is 0. The van der Waals surface area contributed by atoms with Gasteiger partial charge in [0.25, 0.3) is 0 Å². The van der Waals surface area contributed by atoms with Crippen LogP contribution in [0.25, 0.3) is 111 Å². The highest BCUT2D eigenvalue weighted by atomic mass is 32.1. The van der Waals surface area contributed by atoms with Gasteiger partial charge in [0.1, 0.15) is 0 Å². The van der Waals surface area contributed by atoms with Gasteiger partial charge in [-0.1, -0.05) is 72.8 Å². The number of aromatic nitrogens is 1. The van der Waals surface area contributed by atoms with E-state index in [1.54, 1.807) is 0 Å². The SMILES string of the molecule is c1ccc(-n2c3ccc4cc3c3cc(ccc32)c2ccc3sc5ccc(cc5c3c2)c2ccc3sc5ccc(cc5c3c2)c2cccc4c2)cc1. The Balaban J connectivity index is 1.28. The number of fused-ring (bicyclic) bond motifs is 12. The summed E-state index contributed by atoms with van der Waals surface area (Å²) in [7, 11) is 0. The number of benzene rings is 8. The summed E-state index contributed by atoms with van der Waals surface area (Å²) in [6.45, 7) is 0. The summed E-state index contributed by atoms with van der Waals surface area (Å²) in [6, 6.07) is 61.9. The molecule has 0 amide bonds. The van der Waals surface area contributed by atoms with E-state index < -0.39 is 0 Å². The molecule has 236 valence electrons. The second-order valence-corrected chi connectivity index (χ2v) is 15.9. The second kappa shape index (κ2) is 10.3. The molecule has 0 unspecified atom stereocenters. The van der Waals surface area contributed by atoms with Gasteiger partial charge in [-0.05, 0) is 134 Å². The highest BCUT2D eigenvalue weighted by Crippen LogP contribution is 2.40. The van der Waals surface area contributed by atoms with Crippen LogP contribution < -0.4 is 0 Å². The summed E-state index contributed by atoms with van der Waals surface area (Å²) in [4.78, 5) is 0. The molecule has 0 saturated heterocycles. The molecule has 0 aliphatic rings. The van der Waals surface area contributed by atoms with Crippen molar-refractivity contribution in [2.24, 2.45) is 0 Å². The lowest BCUT2D eigenvalue weighted by atomic mass is 10.0. The van der Waals surface area contributed by atoms with Gasteiger partial charge >= 0.3 is 0 Å². The van der Waals surface area contributed by atoms with Crippen LogP contribution in [0.3, 0.4) is 0 Å². The first-order chi connectivity index (χ1) is 25.2. The number of hydrogen-bond acceptors (Lipinski definition) is 2. The van der Waals surface area contributed by atoms with Crippen LogP contribution in [0.2, 0.25) is 0 Å². The molecule has 14 bridgehead atoms. The molecule has 0 radical (unpaired) electrons. The Kier molecular flexibility index (Phi) is 5.59. The zero-order valence-corrected chi connectivity index (χ0v) is 29.0. The summed E-state index contributed by atoms with van der Waals surface area (Å²) in [5, 5.41) is 17.7. The summed E-state index contributed by atoms with van der Waals surface area (Å²) < 4.78 is 7.71. The minimum atomic E-state index is 1.17. The minimum absolute atomic E-state index is 1.17. The van der Waals surface area contributed by atoms with Crippen LogP contribution in [-0.4, -0.2) is 4.57 Å². The molecule has 0 atom stereocenters. The zero-order chi connectivity index (χ0) is 33.2. The molecule has 0 N–H and O–H groups in total. The number of para-hydroxylation sites is 1. The first-order valence-corrected chi connectivity index (χ1v) is 19.0. The molecule has 3 heteroatoms. The number of thiophene rings is 2. The predicted molar refractivity (Wildman–Crippen MR) is 225 cm³/mol. The lowest BCUT2D eigenvalue weighted by Gasteiger charge is -2.07. The molecular formula is C48H27NS2. The lowest BCUT2D eigenvalue weighted by molar-refractivity contribution is 1.18. The van der Waals surface area contributed by atoms with Gasteiger partial charge in [-0.15, -0.1) is 22.7 Å². The molecule has 0 aliphatic carbocycles. The van der Waals surface area contributed by atoms with Gasteiger partial charge in [0.05, 0.1) is 11.0 Å². The van der Waals surface area contributed by atoms with Gasteiger partial charge in [0.2, 0.25) is 0 Å². The van der Waals surface area contributed by atoms with Crippen molar-refractivity contribution in [1.82, 2.24) is 4.57 Å². The summed E-state index contributed by atoms with van der Waals surface area (Å²) in [6.07, 6.45) is 0. The van der Waals surface area contributed by atoms with Crippen molar-refractivity contribution in [2.75, 3.05) is 0 Å². The Hall–Kier alpha value is -6.00.